The number of halogens is 3. The molecular weight excluding hydrogens is 231 g/mol. The molecule has 88 valence electrons. The molecule has 9 heteroatoms. The average molecular weight is 237 g/mol. The molecule has 0 amide bonds. The fourth-order valence-electron chi connectivity index (χ4n) is 1.02. The van der Waals surface area contributed by atoms with Crippen molar-refractivity contribution in [3.8, 4) is 0 Å². The second-order valence-electron chi connectivity index (χ2n) is 2.65. The van der Waals surface area contributed by atoms with Crippen molar-refractivity contribution in [1.82, 2.24) is 0 Å². The maximum atomic E-state index is 12.4. The Bertz CT molecular complexity index is 396. The summed E-state index contributed by atoms with van der Waals surface area (Å²) in [6.45, 7) is 0. The zero-order valence-electron chi connectivity index (χ0n) is 7.64. The summed E-state index contributed by atoms with van der Waals surface area (Å²) in [6.07, 6.45) is -4.67. The van der Waals surface area contributed by atoms with E-state index in [0.29, 0.717) is 0 Å². The molecule has 0 fully saturated rings. The van der Waals surface area contributed by atoms with Gasteiger partial charge in [0.15, 0.2) is 0 Å². The van der Waals surface area contributed by atoms with Crippen LogP contribution in [-0.2, 0) is 11.1 Å². The third-order valence-corrected chi connectivity index (χ3v) is 1.60. The van der Waals surface area contributed by atoms with Gasteiger partial charge >= 0.3 is 11.3 Å². The van der Waals surface area contributed by atoms with Gasteiger partial charge in [-0.25, -0.2) is 5.84 Å². The van der Waals surface area contributed by atoms with Crippen molar-refractivity contribution >= 4 is 5.69 Å². The molecule has 0 heterocycles. The largest absolute Gasteiger partial charge is 0.418 e. The summed E-state index contributed by atoms with van der Waals surface area (Å²) in [4.78, 5) is 13.6. The average Bonchev–Trinajstić information content (AvgIpc) is 2.15. The van der Waals surface area contributed by atoms with E-state index in [-0.39, 0.29) is 5.17 Å². The number of hydrogen-bond acceptors (Lipinski definition) is 5. The van der Waals surface area contributed by atoms with Gasteiger partial charge in [-0.2, -0.15) is 18.1 Å². The van der Waals surface area contributed by atoms with Crippen molar-refractivity contribution in [2.24, 2.45) is 5.84 Å². The van der Waals surface area contributed by atoms with E-state index < -0.39 is 22.5 Å². The quantitative estimate of drug-likeness (QED) is 0.489. The third-order valence-electron chi connectivity index (χ3n) is 1.60. The van der Waals surface area contributed by atoms with Gasteiger partial charge in [0.1, 0.15) is 0 Å². The van der Waals surface area contributed by atoms with Crippen molar-refractivity contribution in [2.75, 3.05) is 5.17 Å². The Hall–Kier alpha value is -2.03. The Morgan fingerprint density at radius 2 is 1.94 bits per heavy atom. The summed E-state index contributed by atoms with van der Waals surface area (Å²) in [5.41, 5.74) is -1.77. The number of alkyl halides is 3. The van der Waals surface area contributed by atoms with E-state index in [1.165, 1.54) is 6.07 Å². The summed E-state index contributed by atoms with van der Waals surface area (Å²) < 4.78 is 37.3. The minimum atomic E-state index is -4.67. The fraction of sp³-hybridized carbons (Fsp3) is 0.143. The molecule has 0 aliphatic heterocycles. The molecule has 0 atom stereocenters. The Kier molecular flexibility index (Phi) is 3.18. The van der Waals surface area contributed by atoms with Crippen molar-refractivity contribution < 1.29 is 23.2 Å². The predicted octanol–water partition coefficient (Wildman–Crippen LogP) is 1.51. The third kappa shape index (κ3) is 2.73. The molecule has 0 aliphatic rings. The number of para-hydroxylation sites is 1. The summed E-state index contributed by atoms with van der Waals surface area (Å²) in [7, 11) is 0. The molecule has 0 spiro atoms. The topological polar surface area (TPSA) is 81.6 Å². The van der Waals surface area contributed by atoms with E-state index in [9.17, 15) is 23.3 Å². The number of nitrogens with zero attached hydrogens (tertiary/aromatic N) is 2. The number of anilines is 1. The molecule has 6 nitrogen and oxygen atoms in total. The molecule has 0 unspecified atom stereocenters. The zero-order valence-corrected chi connectivity index (χ0v) is 7.64. The van der Waals surface area contributed by atoms with Gasteiger partial charge in [-0.05, 0) is 12.1 Å². The summed E-state index contributed by atoms with van der Waals surface area (Å²) in [5.74, 6) is 4.96. The highest BCUT2D eigenvalue weighted by Crippen LogP contribution is 2.35. The lowest BCUT2D eigenvalue weighted by Gasteiger charge is -2.18. The van der Waals surface area contributed by atoms with Gasteiger partial charge in [-0.1, -0.05) is 12.1 Å². The Morgan fingerprint density at radius 3 is 2.44 bits per heavy atom. The predicted molar refractivity (Wildman–Crippen MR) is 46.2 cm³/mol. The molecule has 0 aromatic heterocycles. The van der Waals surface area contributed by atoms with Crippen LogP contribution in [0.15, 0.2) is 24.3 Å². The first-order chi connectivity index (χ1) is 7.32. The molecule has 1 aromatic carbocycles. The minimum absolute atomic E-state index is 0.0528. The lowest BCUT2D eigenvalue weighted by molar-refractivity contribution is -0.762. The minimum Gasteiger partial charge on any atom is -0.223 e. The van der Waals surface area contributed by atoms with E-state index in [2.05, 4.69) is 4.94 Å². The SMILES string of the molecule is NN(O[N+](=O)[O-])c1ccccc1C(F)(F)F. The molecular formula is C7H6F3N3O3. The van der Waals surface area contributed by atoms with Gasteiger partial charge in [-0.15, -0.1) is 15.3 Å². The number of benzene rings is 1. The maximum absolute atomic E-state index is 12.4. The first-order valence-corrected chi connectivity index (χ1v) is 3.86. The van der Waals surface area contributed by atoms with Crippen LogP contribution >= 0.6 is 0 Å². The van der Waals surface area contributed by atoms with Gasteiger partial charge in [0.25, 0.3) is 0 Å². The first kappa shape index (κ1) is 12.0. The Balaban J connectivity index is 3.08. The molecule has 1 aromatic rings. The second kappa shape index (κ2) is 4.23. The maximum Gasteiger partial charge on any atom is 0.418 e. The van der Waals surface area contributed by atoms with Crippen LogP contribution in [0.3, 0.4) is 0 Å². The monoisotopic (exact) mass is 237 g/mol. The molecule has 16 heavy (non-hydrogen) atoms. The number of nitrogens with two attached hydrogens (primary N) is 1. The molecule has 0 aliphatic carbocycles. The van der Waals surface area contributed by atoms with Crippen molar-refractivity contribution in [3.05, 3.63) is 39.9 Å². The van der Waals surface area contributed by atoms with E-state index in [4.69, 9.17) is 5.84 Å². The van der Waals surface area contributed by atoms with Gasteiger partial charge in [0.05, 0.1) is 11.3 Å². The molecule has 0 bridgehead atoms. The van der Waals surface area contributed by atoms with Gasteiger partial charge in [0.2, 0.25) is 0 Å². The van der Waals surface area contributed by atoms with Crippen molar-refractivity contribution in [2.45, 2.75) is 6.18 Å². The smallest absolute Gasteiger partial charge is 0.223 e. The van der Waals surface area contributed by atoms with Crippen LogP contribution in [0.2, 0.25) is 0 Å². The highest BCUT2D eigenvalue weighted by atomic mass is 19.4. The van der Waals surface area contributed by atoms with Crippen LogP contribution in [0, 0.1) is 10.1 Å². The van der Waals surface area contributed by atoms with E-state index in [0.717, 1.165) is 18.2 Å². The summed E-state index contributed by atoms with van der Waals surface area (Å²) >= 11 is 0. The van der Waals surface area contributed by atoms with Gasteiger partial charge in [-0.3, -0.25) is 0 Å². The lowest BCUT2D eigenvalue weighted by atomic mass is 10.2. The number of rotatable bonds is 3. The summed E-state index contributed by atoms with van der Waals surface area (Å²) in [6, 6.07) is 4.06. The molecule has 0 radical (unpaired) electrons. The fourth-order valence-corrected chi connectivity index (χ4v) is 1.02. The lowest BCUT2D eigenvalue weighted by Crippen LogP contribution is -2.35. The summed E-state index contributed by atoms with van der Waals surface area (Å²) in [5, 5.41) is 8.56. The van der Waals surface area contributed by atoms with Crippen molar-refractivity contribution in [3.63, 3.8) is 0 Å². The van der Waals surface area contributed by atoms with Crippen LogP contribution in [0.25, 0.3) is 0 Å². The van der Waals surface area contributed by atoms with E-state index in [1.807, 2.05) is 0 Å². The molecule has 0 saturated carbocycles. The highest BCUT2D eigenvalue weighted by Gasteiger charge is 2.34. The zero-order chi connectivity index (χ0) is 12.3. The van der Waals surface area contributed by atoms with Crippen LogP contribution in [0.1, 0.15) is 5.56 Å². The highest BCUT2D eigenvalue weighted by molar-refractivity contribution is 5.51. The number of hydrogen-bond donors (Lipinski definition) is 1. The standard InChI is InChI=1S/C7H6F3N3O3/c8-7(9,10)5-3-1-2-4-6(5)12(11)16-13(14)15/h1-4H,11H2. The normalized spacial score (nSPS) is 11.0. The van der Waals surface area contributed by atoms with Gasteiger partial charge in [0, 0.05) is 0 Å². The molecule has 1 rings (SSSR count). The molecule has 2 N–H and O–H groups in total. The molecule has 0 saturated heterocycles. The van der Waals surface area contributed by atoms with Gasteiger partial charge < -0.3 is 0 Å². The van der Waals surface area contributed by atoms with Crippen LogP contribution in [0.5, 0.6) is 0 Å². The second-order valence-corrected chi connectivity index (χ2v) is 2.65. The first-order valence-electron chi connectivity index (χ1n) is 3.86. The van der Waals surface area contributed by atoms with Crippen LogP contribution in [-0.4, -0.2) is 5.09 Å². The van der Waals surface area contributed by atoms with E-state index >= 15 is 0 Å². The number of hydrazine groups is 1. The van der Waals surface area contributed by atoms with Crippen LogP contribution < -0.4 is 11.0 Å². The van der Waals surface area contributed by atoms with E-state index in [1.54, 1.807) is 0 Å². The Morgan fingerprint density at radius 1 is 1.38 bits per heavy atom. The Labute approximate surface area is 87.0 Å². The van der Waals surface area contributed by atoms with Crippen molar-refractivity contribution in [1.29, 1.82) is 0 Å². The van der Waals surface area contributed by atoms with Crippen LogP contribution in [0.4, 0.5) is 18.9 Å².